The highest BCUT2D eigenvalue weighted by molar-refractivity contribution is 7.92. The molecule has 0 aliphatic carbocycles. The van der Waals surface area contributed by atoms with E-state index in [-0.39, 0.29) is 23.7 Å². The Morgan fingerprint density at radius 2 is 1.93 bits per heavy atom. The maximum atomic E-state index is 12.8. The number of ether oxygens (including phenoxy) is 2. The summed E-state index contributed by atoms with van der Waals surface area (Å²) in [6.07, 6.45) is 7.05. The summed E-state index contributed by atoms with van der Waals surface area (Å²) in [5, 5.41) is 2.83. The highest BCUT2D eigenvalue weighted by Crippen LogP contribution is 2.36. The van der Waals surface area contributed by atoms with Gasteiger partial charge in [-0.05, 0) is 19.4 Å². The summed E-state index contributed by atoms with van der Waals surface area (Å²) in [4.78, 5) is 16.8. The second-order valence-corrected chi connectivity index (χ2v) is 7.97. The lowest BCUT2D eigenvalue weighted by Gasteiger charge is -2.24. The van der Waals surface area contributed by atoms with Crippen molar-refractivity contribution in [2.24, 2.45) is 0 Å². The molecule has 2 aromatic rings. The van der Waals surface area contributed by atoms with Crippen LogP contribution in [0.3, 0.4) is 0 Å². The Morgan fingerprint density at radius 1 is 1.25 bits per heavy atom. The Labute approximate surface area is 165 Å². The lowest BCUT2D eigenvalue weighted by molar-refractivity contribution is 0.0953. The zero-order valence-electron chi connectivity index (χ0n) is 16.5. The van der Waals surface area contributed by atoms with Gasteiger partial charge in [0.2, 0.25) is 10.0 Å². The third-order valence-corrected chi connectivity index (χ3v) is 5.40. The van der Waals surface area contributed by atoms with Crippen molar-refractivity contribution in [1.82, 2.24) is 14.9 Å². The zero-order chi connectivity index (χ0) is 20.7. The van der Waals surface area contributed by atoms with E-state index in [1.165, 1.54) is 26.4 Å². The van der Waals surface area contributed by atoms with E-state index in [0.29, 0.717) is 31.0 Å². The van der Waals surface area contributed by atoms with E-state index in [4.69, 9.17) is 9.47 Å². The molecule has 28 heavy (non-hydrogen) atoms. The standard InChI is InChI=1S/C18H26N4O5S/c1-5-22(28(4,24)25)15-12-17(27-3)16(26-2)11-14(15)18(23)20-7-6-9-21-10-8-19-13-21/h8,10-13H,5-7,9H2,1-4H3,(H,20,23). The van der Waals surface area contributed by atoms with Gasteiger partial charge < -0.3 is 19.4 Å². The van der Waals surface area contributed by atoms with Crippen molar-refractivity contribution in [2.75, 3.05) is 37.9 Å². The first kappa shape index (κ1) is 21.5. The fraction of sp³-hybridized carbons (Fsp3) is 0.444. The van der Waals surface area contributed by atoms with Gasteiger partial charge in [0.05, 0.1) is 38.1 Å². The molecule has 1 N–H and O–H groups in total. The van der Waals surface area contributed by atoms with Gasteiger partial charge in [0.25, 0.3) is 5.91 Å². The number of aromatic nitrogens is 2. The van der Waals surface area contributed by atoms with Gasteiger partial charge in [-0.3, -0.25) is 9.10 Å². The van der Waals surface area contributed by atoms with Crippen LogP contribution in [-0.2, 0) is 16.6 Å². The van der Waals surface area contributed by atoms with E-state index in [9.17, 15) is 13.2 Å². The predicted octanol–water partition coefficient (Wildman–Crippen LogP) is 1.51. The van der Waals surface area contributed by atoms with E-state index in [1.54, 1.807) is 19.4 Å². The fourth-order valence-corrected chi connectivity index (χ4v) is 3.80. The molecule has 0 aliphatic heterocycles. The third kappa shape index (κ3) is 5.16. The topological polar surface area (TPSA) is 103 Å². The van der Waals surface area contributed by atoms with E-state index in [2.05, 4.69) is 10.3 Å². The molecule has 0 unspecified atom stereocenters. The lowest BCUT2D eigenvalue weighted by Crippen LogP contribution is -2.33. The van der Waals surface area contributed by atoms with Gasteiger partial charge in [-0.15, -0.1) is 0 Å². The fourth-order valence-electron chi connectivity index (χ4n) is 2.82. The van der Waals surface area contributed by atoms with Crippen LogP contribution in [0.2, 0.25) is 0 Å². The number of carbonyl (C=O) groups excluding carboxylic acids is 1. The summed E-state index contributed by atoms with van der Waals surface area (Å²) in [5.41, 5.74) is 0.447. The Hall–Kier alpha value is -2.75. The normalized spacial score (nSPS) is 11.1. The first-order chi connectivity index (χ1) is 13.3. The SMILES string of the molecule is CCN(c1cc(OC)c(OC)cc1C(=O)NCCCn1ccnc1)S(C)(=O)=O. The van der Waals surface area contributed by atoms with Crippen LogP contribution < -0.4 is 19.1 Å². The minimum absolute atomic E-state index is 0.176. The van der Waals surface area contributed by atoms with Crippen LogP contribution in [-0.4, -0.2) is 57.4 Å². The van der Waals surface area contributed by atoms with Crippen LogP contribution >= 0.6 is 0 Å². The quantitative estimate of drug-likeness (QED) is 0.596. The van der Waals surface area contributed by atoms with Gasteiger partial charge in [0.1, 0.15) is 0 Å². The summed E-state index contributed by atoms with van der Waals surface area (Å²) >= 11 is 0. The van der Waals surface area contributed by atoms with Gasteiger partial charge in [-0.1, -0.05) is 0 Å². The highest BCUT2D eigenvalue weighted by Gasteiger charge is 2.25. The summed E-state index contributed by atoms with van der Waals surface area (Å²) in [6.45, 7) is 3.01. The van der Waals surface area contributed by atoms with Crippen molar-refractivity contribution < 1.29 is 22.7 Å². The van der Waals surface area contributed by atoms with E-state index < -0.39 is 10.0 Å². The average Bonchev–Trinajstić information content (AvgIpc) is 3.17. The Bertz CT molecular complexity index is 897. The molecule has 154 valence electrons. The molecule has 0 radical (unpaired) electrons. The summed E-state index contributed by atoms with van der Waals surface area (Å²) in [6, 6.07) is 3.00. The number of carbonyl (C=O) groups is 1. The molecular weight excluding hydrogens is 384 g/mol. The summed E-state index contributed by atoms with van der Waals surface area (Å²) in [5.74, 6) is 0.305. The molecule has 0 spiro atoms. The molecule has 0 fully saturated rings. The third-order valence-electron chi connectivity index (χ3n) is 4.14. The van der Waals surface area contributed by atoms with Crippen molar-refractivity contribution in [3.63, 3.8) is 0 Å². The zero-order valence-corrected chi connectivity index (χ0v) is 17.3. The predicted molar refractivity (Wildman–Crippen MR) is 107 cm³/mol. The van der Waals surface area contributed by atoms with E-state index >= 15 is 0 Å². The minimum Gasteiger partial charge on any atom is -0.493 e. The van der Waals surface area contributed by atoms with Gasteiger partial charge >= 0.3 is 0 Å². The molecule has 1 aromatic heterocycles. The van der Waals surface area contributed by atoms with Gasteiger partial charge in [0.15, 0.2) is 11.5 Å². The van der Waals surface area contributed by atoms with E-state index in [1.807, 2.05) is 10.8 Å². The smallest absolute Gasteiger partial charge is 0.253 e. The van der Waals surface area contributed by atoms with Crippen LogP contribution in [0.5, 0.6) is 11.5 Å². The monoisotopic (exact) mass is 410 g/mol. The number of hydrogen-bond acceptors (Lipinski definition) is 6. The van der Waals surface area contributed by atoms with Crippen LogP contribution in [0, 0.1) is 0 Å². The first-order valence-electron chi connectivity index (χ1n) is 8.79. The molecule has 0 bridgehead atoms. The van der Waals surface area contributed by atoms with Gasteiger partial charge in [-0.2, -0.15) is 0 Å². The second kappa shape index (κ2) is 9.45. The first-order valence-corrected chi connectivity index (χ1v) is 10.6. The summed E-state index contributed by atoms with van der Waals surface area (Å²) in [7, 11) is -0.667. The lowest BCUT2D eigenvalue weighted by atomic mass is 10.1. The Kier molecular flexibility index (Phi) is 7.27. The number of rotatable bonds is 10. The Balaban J connectivity index is 2.27. The Morgan fingerprint density at radius 3 is 2.46 bits per heavy atom. The molecule has 1 aromatic carbocycles. The maximum Gasteiger partial charge on any atom is 0.253 e. The number of imidazole rings is 1. The summed E-state index contributed by atoms with van der Waals surface area (Å²) < 4.78 is 38.0. The number of anilines is 1. The second-order valence-electron chi connectivity index (χ2n) is 6.06. The number of methoxy groups -OCH3 is 2. The van der Waals surface area contributed by atoms with Gasteiger partial charge in [0, 0.05) is 38.1 Å². The van der Waals surface area contributed by atoms with Crippen molar-refractivity contribution in [3.05, 3.63) is 36.4 Å². The molecular formula is C18H26N4O5S. The van der Waals surface area contributed by atoms with Gasteiger partial charge in [-0.25, -0.2) is 13.4 Å². The van der Waals surface area contributed by atoms with Crippen LogP contribution in [0.25, 0.3) is 0 Å². The number of amides is 1. The van der Waals surface area contributed by atoms with Crippen molar-refractivity contribution in [2.45, 2.75) is 19.9 Å². The average molecular weight is 410 g/mol. The molecule has 9 nitrogen and oxygen atoms in total. The molecule has 2 rings (SSSR count). The van der Waals surface area contributed by atoms with Crippen LogP contribution in [0.4, 0.5) is 5.69 Å². The molecule has 1 heterocycles. The number of nitrogens with zero attached hydrogens (tertiary/aromatic N) is 3. The molecule has 0 saturated carbocycles. The maximum absolute atomic E-state index is 12.8. The molecule has 1 amide bonds. The number of sulfonamides is 1. The molecule has 0 saturated heterocycles. The largest absolute Gasteiger partial charge is 0.493 e. The van der Waals surface area contributed by atoms with Crippen LogP contribution in [0.1, 0.15) is 23.7 Å². The molecule has 0 atom stereocenters. The van der Waals surface area contributed by atoms with Crippen LogP contribution in [0.15, 0.2) is 30.9 Å². The number of hydrogen-bond donors (Lipinski definition) is 1. The number of benzene rings is 1. The minimum atomic E-state index is -3.58. The van der Waals surface area contributed by atoms with E-state index in [0.717, 1.165) is 10.6 Å². The number of nitrogens with one attached hydrogen (secondary N) is 1. The highest BCUT2D eigenvalue weighted by atomic mass is 32.2. The van der Waals surface area contributed by atoms with Crippen molar-refractivity contribution in [3.8, 4) is 11.5 Å². The van der Waals surface area contributed by atoms with Crippen molar-refractivity contribution in [1.29, 1.82) is 0 Å². The molecule has 10 heteroatoms. The number of aryl methyl sites for hydroxylation is 1. The van der Waals surface area contributed by atoms with Crippen molar-refractivity contribution >= 4 is 21.6 Å². The molecule has 0 aliphatic rings.